The van der Waals surface area contributed by atoms with E-state index in [9.17, 15) is 4.79 Å². The second-order valence-corrected chi connectivity index (χ2v) is 9.20. The lowest BCUT2D eigenvalue weighted by atomic mass is 10.0. The van der Waals surface area contributed by atoms with Crippen LogP contribution in [-0.2, 0) is 13.5 Å². The Morgan fingerprint density at radius 2 is 1.88 bits per heavy atom. The number of nitrogens with zero attached hydrogens (tertiary/aromatic N) is 7. The van der Waals surface area contributed by atoms with E-state index in [2.05, 4.69) is 50.2 Å². The highest BCUT2D eigenvalue weighted by atomic mass is 16.1. The van der Waals surface area contributed by atoms with Crippen molar-refractivity contribution < 1.29 is 4.79 Å². The molecule has 1 aliphatic heterocycles. The van der Waals surface area contributed by atoms with Crippen LogP contribution in [0.4, 0.5) is 5.82 Å². The molecule has 34 heavy (non-hydrogen) atoms. The molecule has 1 saturated heterocycles. The third-order valence-corrected chi connectivity index (χ3v) is 6.60. The molecule has 174 valence electrons. The van der Waals surface area contributed by atoms with E-state index in [4.69, 9.17) is 0 Å². The van der Waals surface area contributed by atoms with Crippen LogP contribution in [-0.4, -0.2) is 68.9 Å². The molecule has 0 saturated carbocycles. The van der Waals surface area contributed by atoms with Gasteiger partial charge in [-0.15, -0.1) is 0 Å². The molecule has 0 spiro atoms. The maximum Gasteiger partial charge on any atom is 0.169 e. The Labute approximate surface area is 199 Å². The number of hydrogen-bond acceptors (Lipinski definition) is 7. The molecule has 8 heteroatoms. The van der Waals surface area contributed by atoms with Gasteiger partial charge in [0.25, 0.3) is 0 Å². The van der Waals surface area contributed by atoms with E-state index in [0.717, 1.165) is 53.8 Å². The van der Waals surface area contributed by atoms with Gasteiger partial charge in [0.1, 0.15) is 5.82 Å². The lowest BCUT2D eigenvalue weighted by Gasteiger charge is -2.35. The smallest absolute Gasteiger partial charge is 0.169 e. The van der Waals surface area contributed by atoms with Crippen molar-refractivity contribution in [2.24, 2.45) is 7.05 Å². The number of fused-ring (bicyclic) bond motifs is 1. The average molecular weight is 456 g/mol. The number of pyridine rings is 1. The molecule has 0 atom stereocenters. The van der Waals surface area contributed by atoms with Crippen molar-refractivity contribution in [1.29, 1.82) is 0 Å². The van der Waals surface area contributed by atoms with Crippen molar-refractivity contribution in [1.82, 2.24) is 29.9 Å². The number of anilines is 1. The van der Waals surface area contributed by atoms with E-state index in [-0.39, 0.29) is 12.2 Å². The first-order valence-electron chi connectivity index (χ1n) is 11.6. The molecule has 8 nitrogen and oxygen atoms in total. The Bertz CT molecular complexity index is 1320. The van der Waals surface area contributed by atoms with E-state index in [1.54, 1.807) is 16.9 Å². The zero-order chi connectivity index (χ0) is 23.7. The fourth-order valence-electron chi connectivity index (χ4n) is 4.57. The van der Waals surface area contributed by atoms with Crippen LogP contribution < -0.4 is 4.90 Å². The lowest BCUT2D eigenvalue weighted by molar-refractivity contribution is 0.0991. The predicted molar refractivity (Wildman–Crippen MR) is 133 cm³/mol. The summed E-state index contributed by atoms with van der Waals surface area (Å²) in [5.41, 5.74) is 4.22. The van der Waals surface area contributed by atoms with Gasteiger partial charge in [-0.3, -0.25) is 9.48 Å². The Kier molecular flexibility index (Phi) is 6.06. The number of hydrogen-bond donors (Lipinski definition) is 0. The highest BCUT2D eigenvalue weighted by molar-refractivity contribution is 5.98. The Morgan fingerprint density at radius 1 is 1.06 bits per heavy atom. The second-order valence-electron chi connectivity index (χ2n) is 9.20. The van der Waals surface area contributed by atoms with Gasteiger partial charge < -0.3 is 9.80 Å². The Hall–Kier alpha value is -3.65. The number of aryl methyl sites for hydroxylation is 1. The molecule has 3 aromatic heterocycles. The van der Waals surface area contributed by atoms with Crippen molar-refractivity contribution in [3.63, 3.8) is 0 Å². The summed E-state index contributed by atoms with van der Waals surface area (Å²) in [6.07, 6.45) is 7.94. The average Bonchev–Trinajstić information content (AvgIpc) is 3.30. The molecule has 5 rings (SSSR count). The molecule has 1 aliphatic rings. The largest absolute Gasteiger partial charge is 0.356 e. The summed E-state index contributed by atoms with van der Waals surface area (Å²) in [5, 5.41) is 13.8. The summed E-state index contributed by atoms with van der Waals surface area (Å²) in [4.78, 5) is 22.2. The molecular formula is C26H29N7O. The summed E-state index contributed by atoms with van der Waals surface area (Å²) < 4.78 is 1.78. The predicted octanol–water partition coefficient (Wildman–Crippen LogP) is 3.38. The third-order valence-electron chi connectivity index (χ3n) is 6.60. The molecule has 4 heterocycles. The van der Waals surface area contributed by atoms with E-state index < -0.39 is 0 Å². The van der Waals surface area contributed by atoms with E-state index in [0.29, 0.717) is 17.3 Å². The molecule has 0 bridgehead atoms. The number of rotatable bonds is 6. The minimum atomic E-state index is 0.0175. The molecular weight excluding hydrogens is 426 g/mol. The van der Waals surface area contributed by atoms with Crippen LogP contribution in [0.15, 0.2) is 55.0 Å². The molecule has 0 amide bonds. The fraction of sp³-hybridized carbons (Fsp3) is 0.346. The van der Waals surface area contributed by atoms with Crippen LogP contribution in [0, 0.1) is 0 Å². The highest BCUT2D eigenvalue weighted by Crippen LogP contribution is 2.24. The zero-order valence-corrected chi connectivity index (χ0v) is 19.8. The first-order valence-corrected chi connectivity index (χ1v) is 11.6. The summed E-state index contributed by atoms with van der Waals surface area (Å²) in [5.74, 6) is 0.887. The quantitative estimate of drug-likeness (QED) is 0.412. The molecule has 4 aromatic rings. The molecule has 0 aliphatic carbocycles. The van der Waals surface area contributed by atoms with Gasteiger partial charge in [-0.2, -0.15) is 15.3 Å². The van der Waals surface area contributed by atoms with Gasteiger partial charge in [-0.25, -0.2) is 4.98 Å². The number of carbonyl (C=O) groups is 1. The number of piperidine rings is 1. The minimum absolute atomic E-state index is 0.0175. The Morgan fingerprint density at radius 3 is 2.62 bits per heavy atom. The topological polar surface area (TPSA) is 80.0 Å². The van der Waals surface area contributed by atoms with Gasteiger partial charge in [0.15, 0.2) is 5.78 Å². The second kappa shape index (κ2) is 9.30. The van der Waals surface area contributed by atoms with Crippen molar-refractivity contribution in [3.8, 4) is 11.1 Å². The van der Waals surface area contributed by atoms with Crippen LogP contribution in [0.2, 0.25) is 0 Å². The van der Waals surface area contributed by atoms with Gasteiger partial charge in [-0.05, 0) is 62.8 Å². The van der Waals surface area contributed by atoms with Gasteiger partial charge in [0.05, 0.1) is 23.8 Å². The first-order chi connectivity index (χ1) is 16.5. The summed E-state index contributed by atoms with van der Waals surface area (Å²) in [7, 11) is 6.16. The maximum atomic E-state index is 13.1. The van der Waals surface area contributed by atoms with Gasteiger partial charge in [-0.1, -0.05) is 6.07 Å². The number of Topliss-reactive ketones (excluding diaryl/α,β-unsaturated/α-hetero) is 1. The van der Waals surface area contributed by atoms with E-state index >= 15 is 0 Å². The van der Waals surface area contributed by atoms with E-state index in [1.807, 2.05) is 43.7 Å². The van der Waals surface area contributed by atoms with E-state index in [1.165, 1.54) is 0 Å². The normalized spacial score (nSPS) is 14.8. The SMILES string of the molecule is CN(C)C1CCN(c2cc(C(=O)Cc3cc4cc(-c5cnn(C)c5)ccc4nn3)ccn2)CC1. The summed E-state index contributed by atoms with van der Waals surface area (Å²) in [6, 6.07) is 12.3. The van der Waals surface area contributed by atoms with Crippen molar-refractivity contribution in [3.05, 3.63) is 66.2 Å². The molecule has 0 radical (unpaired) electrons. The number of benzene rings is 1. The highest BCUT2D eigenvalue weighted by Gasteiger charge is 2.22. The number of aromatic nitrogens is 5. The standard InChI is InChI=1S/C26H29N7O/c1-31(2)23-7-10-33(11-8-23)26-14-19(6-9-27-26)25(34)15-22-13-20-12-18(4-5-24(20)30-29-22)21-16-28-32(3)17-21/h4-6,9,12-14,16-17,23H,7-8,10-11,15H2,1-3H3. The number of carbonyl (C=O) groups excluding carboxylic acids is 1. The van der Waals surface area contributed by atoms with Crippen molar-refractivity contribution in [2.75, 3.05) is 32.1 Å². The molecule has 0 unspecified atom stereocenters. The Balaban J connectivity index is 1.32. The lowest BCUT2D eigenvalue weighted by Crippen LogP contribution is -2.42. The number of ketones is 1. The van der Waals surface area contributed by atoms with Gasteiger partial charge in [0.2, 0.25) is 0 Å². The molecule has 0 N–H and O–H groups in total. The van der Waals surface area contributed by atoms with Crippen LogP contribution in [0.3, 0.4) is 0 Å². The molecule has 1 aromatic carbocycles. The monoisotopic (exact) mass is 455 g/mol. The maximum absolute atomic E-state index is 13.1. The van der Waals surface area contributed by atoms with Crippen LogP contribution in [0.5, 0.6) is 0 Å². The zero-order valence-electron chi connectivity index (χ0n) is 19.8. The first kappa shape index (κ1) is 22.2. The minimum Gasteiger partial charge on any atom is -0.356 e. The van der Waals surface area contributed by atoms with Crippen LogP contribution in [0.1, 0.15) is 28.9 Å². The fourth-order valence-corrected chi connectivity index (χ4v) is 4.57. The van der Waals surface area contributed by atoms with Gasteiger partial charge >= 0.3 is 0 Å². The van der Waals surface area contributed by atoms with Crippen LogP contribution in [0.25, 0.3) is 22.0 Å². The van der Waals surface area contributed by atoms with Crippen molar-refractivity contribution in [2.45, 2.75) is 25.3 Å². The third kappa shape index (κ3) is 4.68. The molecule has 1 fully saturated rings. The summed E-state index contributed by atoms with van der Waals surface area (Å²) in [6.45, 7) is 1.89. The van der Waals surface area contributed by atoms with Crippen molar-refractivity contribution >= 4 is 22.5 Å². The van der Waals surface area contributed by atoms with Crippen LogP contribution >= 0.6 is 0 Å². The van der Waals surface area contributed by atoms with Gasteiger partial charge in [0, 0.05) is 55.1 Å². The summed E-state index contributed by atoms with van der Waals surface area (Å²) >= 11 is 0.